The maximum atomic E-state index is 5.93. The predicted octanol–water partition coefficient (Wildman–Crippen LogP) is 3.51. The highest BCUT2D eigenvalue weighted by atomic mass is 35.5. The normalized spacial score (nSPS) is 10.1. The van der Waals surface area contributed by atoms with Crippen LogP contribution in [0.1, 0.15) is 5.56 Å². The summed E-state index contributed by atoms with van der Waals surface area (Å²) in [6.07, 6.45) is 4.66. The van der Waals surface area contributed by atoms with E-state index in [0.717, 1.165) is 16.1 Å². The lowest BCUT2D eigenvalue weighted by Gasteiger charge is -2.04. The number of hydrogen-bond donors (Lipinski definition) is 0. The number of aromatic nitrogens is 1. The van der Waals surface area contributed by atoms with Crippen molar-refractivity contribution in [3.8, 4) is 11.1 Å². The summed E-state index contributed by atoms with van der Waals surface area (Å²) in [5, 5.41) is 0.739. The maximum absolute atomic E-state index is 5.93. The molecule has 0 amide bonds. The second-order valence-corrected chi connectivity index (χ2v) is 3.56. The maximum Gasteiger partial charge on any atom is 0.0970 e. The zero-order valence-electron chi connectivity index (χ0n) is 7.79. The number of halogens is 1. The summed E-state index contributed by atoms with van der Waals surface area (Å²) in [5.74, 6) is 0. The summed E-state index contributed by atoms with van der Waals surface area (Å²) < 4.78 is 0. The number of pyridine rings is 1. The third-order valence-corrected chi connectivity index (χ3v) is 2.33. The molecule has 1 nitrogen and oxygen atoms in total. The predicted molar refractivity (Wildman–Crippen MR) is 58.3 cm³/mol. The number of aryl methyl sites for hydroxylation is 1. The topological polar surface area (TPSA) is 12.9 Å². The average molecular weight is 203 g/mol. The smallest absolute Gasteiger partial charge is 0.0970 e. The lowest BCUT2D eigenvalue weighted by Crippen LogP contribution is -1.84. The zero-order valence-corrected chi connectivity index (χ0v) is 8.55. The van der Waals surface area contributed by atoms with Crippen LogP contribution in [-0.4, -0.2) is 4.98 Å². The third kappa shape index (κ3) is 1.78. The van der Waals surface area contributed by atoms with Crippen LogP contribution in [0.15, 0.2) is 36.5 Å². The Kier molecular flexibility index (Phi) is 2.51. The molecule has 2 aromatic rings. The molecular formula is C12H9ClN. The molecule has 1 aromatic heterocycles. The van der Waals surface area contributed by atoms with E-state index in [1.54, 1.807) is 6.20 Å². The average Bonchev–Trinajstić information content (AvgIpc) is 2.23. The van der Waals surface area contributed by atoms with Crippen LogP contribution in [0.2, 0.25) is 5.02 Å². The molecule has 0 saturated carbocycles. The zero-order chi connectivity index (χ0) is 9.97. The van der Waals surface area contributed by atoms with Crippen molar-refractivity contribution in [1.29, 1.82) is 0 Å². The minimum absolute atomic E-state index is 0.739. The van der Waals surface area contributed by atoms with Gasteiger partial charge in [-0.15, -0.1) is 0 Å². The second kappa shape index (κ2) is 3.81. The summed E-state index contributed by atoms with van der Waals surface area (Å²) in [6, 6.07) is 9.69. The minimum Gasteiger partial charge on any atom is -0.254 e. The van der Waals surface area contributed by atoms with Crippen molar-refractivity contribution in [3.05, 3.63) is 53.3 Å². The molecule has 2 rings (SSSR count). The van der Waals surface area contributed by atoms with Crippen molar-refractivity contribution in [1.82, 2.24) is 4.98 Å². The molecule has 0 aliphatic heterocycles. The van der Waals surface area contributed by atoms with Gasteiger partial charge in [0.2, 0.25) is 0 Å². The molecule has 0 aliphatic rings. The van der Waals surface area contributed by atoms with E-state index in [1.165, 1.54) is 5.56 Å². The van der Waals surface area contributed by atoms with E-state index in [2.05, 4.69) is 11.2 Å². The first-order valence-corrected chi connectivity index (χ1v) is 4.74. The Balaban J connectivity index is 2.57. The van der Waals surface area contributed by atoms with Crippen LogP contribution in [0, 0.1) is 13.1 Å². The number of nitrogens with zero attached hydrogens (tertiary/aromatic N) is 1. The first kappa shape index (κ1) is 9.22. The van der Waals surface area contributed by atoms with Crippen LogP contribution < -0.4 is 0 Å². The van der Waals surface area contributed by atoms with Gasteiger partial charge in [-0.1, -0.05) is 23.7 Å². The first-order valence-electron chi connectivity index (χ1n) is 4.36. The number of rotatable bonds is 1. The molecule has 1 heterocycles. The Morgan fingerprint density at radius 3 is 2.86 bits per heavy atom. The second-order valence-electron chi connectivity index (χ2n) is 3.12. The van der Waals surface area contributed by atoms with Gasteiger partial charge in [-0.2, -0.15) is 0 Å². The summed E-state index contributed by atoms with van der Waals surface area (Å²) in [5.41, 5.74) is 3.25. The van der Waals surface area contributed by atoms with E-state index in [4.69, 9.17) is 11.6 Å². The lowest BCUT2D eigenvalue weighted by atomic mass is 10.0. The summed E-state index contributed by atoms with van der Waals surface area (Å²) in [4.78, 5) is 3.96. The molecular weight excluding hydrogens is 194 g/mol. The SMILES string of the molecule is Cc1ccc(Cl)cc1-c1[c]nccc1. The largest absolute Gasteiger partial charge is 0.254 e. The van der Waals surface area contributed by atoms with Crippen LogP contribution in [-0.2, 0) is 0 Å². The third-order valence-electron chi connectivity index (χ3n) is 2.10. The highest BCUT2D eigenvalue weighted by Crippen LogP contribution is 2.25. The van der Waals surface area contributed by atoms with E-state index >= 15 is 0 Å². The fraction of sp³-hybridized carbons (Fsp3) is 0.0833. The van der Waals surface area contributed by atoms with Crippen molar-refractivity contribution < 1.29 is 0 Å². The van der Waals surface area contributed by atoms with Crippen molar-refractivity contribution in [2.45, 2.75) is 6.92 Å². The van der Waals surface area contributed by atoms with Gasteiger partial charge in [0.1, 0.15) is 0 Å². The van der Waals surface area contributed by atoms with E-state index in [9.17, 15) is 0 Å². The van der Waals surface area contributed by atoms with Crippen LogP contribution in [0.5, 0.6) is 0 Å². The number of hydrogen-bond acceptors (Lipinski definition) is 1. The van der Waals surface area contributed by atoms with Gasteiger partial charge >= 0.3 is 0 Å². The van der Waals surface area contributed by atoms with Gasteiger partial charge in [0.15, 0.2) is 0 Å². The summed E-state index contributed by atoms with van der Waals surface area (Å²) in [6.45, 7) is 2.05. The molecule has 69 valence electrons. The minimum atomic E-state index is 0.739. The van der Waals surface area contributed by atoms with E-state index in [0.29, 0.717) is 0 Å². The molecule has 0 unspecified atom stereocenters. The molecule has 0 saturated heterocycles. The van der Waals surface area contributed by atoms with Gasteiger partial charge in [-0.3, -0.25) is 4.98 Å². The van der Waals surface area contributed by atoms with Gasteiger partial charge in [0.25, 0.3) is 0 Å². The van der Waals surface area contributed by atoms with Crippen molar-refractivity contribution in [3.63, 3.8) is 0 Å². The Bertz CT molecular complexity index is 437. The Labute approximate surface area is 88.4 Å². The molecule has 0 fully saturated rings. The Morgan fingerprint density at radius 1 is 1.29 bits per heavy atom. The molecule has 0 atom stereocenters. The van der Waals surface area contributed by atoms with Crippen molar-refractivity contribution in [2.24, 2.45) is 0 Å². The van der Waals surface area contributed by atoms with Gasteiger partial charge < -0.3 is 0 Å². The highest BCUT2D eigenvalue weighted by Gasteiger charge is 2.02. The first-order chi connectivity index (χ1) is 6.77. The molecule has 0 spiro atoms. The van der Waals surface area contributed by atoms with Gasteiger partial charge in [-0.25, -0.2) is 0 Å². The van der Waals surface area contributed by atoms with Gasteiger partial charge in [0.05, 0.1) is 6.20 Å². The van der Waals surface area contributed by atoms with Crippen LogP contribution in [0.4, 0.5) is 0 Å². The fourth-order valence-corrected chi connectivity index (χ4v) is 1.53. The highest BCUT2D eigenvalue weighted by molar-refractivity contribution is 6.30. The standard InChI is InChI=1S/C12H9ClN/c1-9-4-5-11(13)7-12(9)10-3-2-6-14-8-10/h2-7H,1H3. The van der Waals surface area contributed by atoms with Crippen molar-refractivity contribution in [2.75, 3.05) is 0 Å². The van der Waals surface area contributed by atoms with Gasteiger partial charge in [0, 0.05) is 16.8 Å². The van der Waals surface area contributed by atoms with E-state index in [1.807, 2.05) is 37.3 Å². The van der Waals surface area contributed by atoms with E-state index < -0.39 is 0 Å². The lowest BCUT2D eigenvalue weighted by molar-refractivity contribution is 1.30. The molecule has 0 bridgehead atoms. The molecule has 1 aromatic carbocycles. The molecule has 0 aliphatic carbocycles. The number of benzene rings is 1. The molecule has 14 heavy (non-hydrogen) atoms. The molecule has 2 heteroatoms. The summed E-state index contributed by atoms with van der Waals surface area (Å²) in [7, 11) is 0. The van der Waals surface area contributed by atoms with Crippen LogP contribution >= 0.6 is 11.6 Å². The summed E-state index contributed by atoms with van der Waals surface area (Å²) >= 11 is 5.93. The van der Waals surface area contributed by atoms with Crippen molar-refractivity contribution >= 4 is 11.6 Å². The fourth-order valence-electron chi connectivity index (χ4n) is 1.36. The molecule has 0 N–H and O–H groups in total. The van der Waals surface area contributed by atoms with E-state index in [-0.39, 0.29) is 0 Å². The Morgan fingerprint density at radius 2 is 2.14 bits per heavy atom. The Hall–Kier alpha value is -1.34. The van der Waals surface area contributed by atoms with Crippen LogP contribution in [0.25, 0.3) is 11.1 Å². The van der Waals surface area contributed by atoms with Crippen LogP contribution in [0.3, 0.4) is 0 Å². The molecule has 1 radical (unpaired) electrons. The quantitative estimate of drug-likeness (QED) is 0.690. The van der Waals surface area contributed by atoms with Gasteiger partial charge in [-0.05, 0) is 36.2 Å². The monoisotopic (exact) mass is 202 g/mol.